The van der Waals surface area contributed by atoms with E-state index in [4.69, 9.17) is 5.11 Å². The maximum atomic E-state index is 11.0. The third kappa shape index (κ3) is 1.74. The smallest absolute Gasteiger partial charge is 0.409 e. The quantitative estimate of drug-likeness (QED) is 0.651. The second-order valence-electron chi connectivity index (χ2n) is 3.51. The van der Waals surface area contributed by atoms with Crippen molar-refractivity contribution in [1.82, 2.24) is 4.90 Å². The summed E-state index contributed by atoms with van der Waals surface area (Å²) in [6.45, 7) is 2.32. The van der Waals surface area contributed by atoms with Gasteiger partial charge in [-0.05, 0) is 13.3 Å². The molecule has 1 rings (SSSR count). The van der Waals surface area contributed by atoms with Gasteiger partial charge in [0, 0.05) is 13.1 Å². The van der Waals surface area contributed by atoms with Crippen LogP contribution in [0.25, 0.3) is 0 Å². The van der Waals surface area contributed by atoms with Crippen LogP contribution in [-0.4, -0.2) is 42.3 Å². The first-order valence-corrected chi connectivity index (χ1v) is 4.06. The molecule has 1 aliphatic rings. The molecule has 0 aromatic rings. The molecule has 1 atom stereocenters. The van der Waals surface area contributed by atoms with Crippen LogP contribution in [0.4, 0.5) is 4.79 Å². The number of amides is 1. The molecule has 0 bridgehead atoms. The number of methoxy groups -OCH3 is 1. The summed E-state index contributed by atoms with van der Waals surface area (Å²) < 4.78 is 4.50. The minimum Gasteiger partial charge on any atom is -0.481 e. The molecule has 1 amide bonds. The molecule has 74 valence electrons. The van der Waals surface area contributed by atoms with Gasteiger partial charge in [0.05, 0.1) is 12.5 Å². The Morgan fingerprint density at radius 2 is 2.15 bits per heavy atom. The number of carbonyl (C=O) groups is 2. The summed E-state index contributed by atoms with van der Waals surface area (Å²) in [4.78, 5) is 23.2. The number of carboxylic acids is 1. The number of likely N-dealkylation sites (tertiary alicyclic amines) is 1. The van der Waals surface area contributed by atoms with Crippen LogP contribution in [0.3, 0.4) is 0 Å². The first-order valence-electron chi connectivity index (χ1n) is 4.06. The Bertz CT molecular complexity index is 240. The molecule has 0 aliphatic carbocycles. The van der Waals surface area contributed by atoms with E-state index in [0.717, 1.165) is 0 Å². The summed E-state index contributed by atoms with van der Waals surface area (Å²) in [5, 5.41) is 8.87. The zero-order valence-electron chi connectivity index (χ0n) is 7.74. The molecule has 1 heterocycles. The second-order valence-corrected chi connectivity index (χ2v) is 3.51. The van der Waals surface area contributed by atoms with Gasteiger partial charge in [-0.1, -0.05) is 0 Å². The van der Waals surface area contributed by atoms with E-state index in [2.05, 4.69) is 4.74 Å². The Hall–Kier alpha value is -1.26. The van der Waals surface area contributed by atoms with Crippen LogP contribution in [0.2, 0.25) is 0 Å². The first-order chi connectivity index (χ1) is 5.99. The van der Waals surface area contributed by atoms with Crippen molar-refractivity contribution in [3.8, 4) is 0 Å². The lowest BCUT2D eigenvalue weighted by molar-refractivity contribution is -0.147. The molecule has 0 aromatic heterocycles. The number of hydrogen-bond donors (Lipinski definition) is 1. The highest BCUT2D eigenvalue weighted by Gasteiger charge is 2.42. The second kappa shape index (κ2) is 3.24. The minimum atomic E-state index is -0.862. The number of rotatable bonds is 1. The zero-order valence-corrected chi connectivity index (χ0v) is 7.74. The number of carbonyl (C=O) groups excluding carboxylic acids is 1. The van der Waals surface area contributed by atoms with Gasteiger partial charge in [-0.25, -0.2) is 4.79 Å². The van der Waals surface area contributed by atoms with Crippen molar-refractivity contribution in [3.05, 3.63) is 0 Å². The van der Waals surface area contributed by atoms with E-state index in [0.29, 0.717) is 13.0 Å². The number of ether oxygens (including phenoxy) is 1. The molecule has 1 N–H and O–H groups in total. The van der Waals surface area contributed by atoms with Crippen LogP contribution in [0.1, 0.15) is 13.3 Å². The predicted molar refractivity (Wildman–Crippen MR) is 44.3 cm³/mol. The molecule has 0 aromatic carbocycles. The van der Waals surface area contributed by atoms with Crippen LogP contribution in [0, 0.1) is 5.41 Å². The number of carboxylic acid groups (broad SMARTS) is 1. The van der Waals surface area contributed by atoms with E-state index >= 15 is 0 Å². The minimum absolute atomic E-state index is 0.231. The van der Waals surface area contributed by atoms with Crippen molar-refractivity contribution in [2.24, 2.45) is 5.41 Å². The molecule has 0 radical (unpaired) electrons. The Morgan fingerprint density at radius 1 is 1.54 bits per heavy atom. The van der Waals surface area contributed by atoms with Crippen LogP contribution >= 0.6 is 0 Å². The van der Waals surface area contributed by atoms with E-state index < -0.39 is 17.5 Å². The average Bonchev–Trinajstić information content (AvgIpc) is 2.48. The summed E-state index contributed by atoms with van der Waals surface area (Å²) in [6.07, 6.45) is 0.0298. The third-order valence-electron chi connectivity index (χ3n) is 2.42. The number of nitrogens with zero attached hydrogens (tertiary/aromatic N) is 1. The molecule has 13 heavy (non-hydrogen) atoms. The maximum Gasteiger partial charge on any atom is 0.409 e. The van der Waals surface area contributed by atoms with Gasteiger partial charge in [-0.15, -0.1) is 0 Å². The van der Waals surface area contributed by atoms with Gasteiger partial charge < -0.3 is 14.7 Å². The molecule has 1 saturated heterocycles. The van der Waals surface area contributed by atoms with Gasteiger partial charge in [0.1, 0.15) is 0 Å². The normalized spacial score (nSPS) is 27.4. The fraction of sp³-hybridized carbons (Fsp3) is 0.750. The highest BCUT2D eigenvalue weighted by molar-refractivity contribution is 5.77. The van der Waals surface area contributed by atoms with Crippen molar-refractivity contribution in [2.75, 3.05) is 20.2 Å². The predicted octanol–water partition coefficient (Wildman–Crippen LogP) is 0.549. The molecular formula is C8H13NO4. The first kappa shape index (κ1) is 9.83. The molecule has 1 fully saturated rings. The topological polar surface area (TPSA) is 66.8 Å². The molecule has 1 aliphatic heterocycles. The van der Waals surface area contributed by atoms with Gasteiger partial charge in [-0.3, -0.25) is 4.79 Å². The molecule has 5 heteroatoms. The van der Waals surface area contributed by atoms with Crippen molar-refractivity contribution < 1.29 is 19.4 Å². The largest absolute Gasteiger partial charge is 0.481 e. The average molecular weight is 187 g/mol. The van der Waals surface area contributed by atoms with Crippen LogP contribution in [0.15, 0.2) is 0 Å². The molecule has 5 nitrogen and oxygen atoms in total. The van der Waals surface area contributed by atoms with Gasteiger partial charge in [0.15, 0.2) is 0 Å². The lowest BCUT2D eigenvalue weighted by Gasteiger charge is -2.18. The Balaban J connectivity index is 2.63. The highest BCUT2D eigenvalue weighted by Crippen LogP contribution is 2.30. The lowest BCUT2D eigenvalue weighted by atomic mass is 9.90. The summed E-state index contributed by atoms with van der Waals surface area (Å²) in [6, 6.07) is 0. The van der Waals surface area contributed by atoms with E-state index in [1.54, 1.807) is 6.92 Å². The van der Waals surface area contributed by atoms with E-state index in [9.17, 15) is 9.59 Å². The molecule has 0 saturated carbocycles. The van der Waals surface area contributed by atoms with Gasteiger partial charge >= 0.3 is 12.1 Å². The molecule has 1 unspecified atom stereocenters. The fourth-order valence-corrected chi connectivity index (χ4v) is 1.42. The maximum absolute atomic E-state index is 11.0. The van der Waals surface area contributed by atoms with Crippen LogP contribution in [0.5, 0.6) is 0 Å². The Labute approximate surface area is 76.3 Å². The monoisotopic (exact) mass is 187 g/mol. The zero-order chi connectivity index (χ0) is 10.1. The standard InChI is InChI=1S/C8H13NO4/c1-8(6(10)11)3-4-9(5-8)7(12)13-2/h3-5H2,1-2H3,(H,10,11). The van der Waals surface area contributed by atoms with Crippen molar-refractivity contribution in [2.45, 2.75) is 13.3 Å². The third-order valence-corrected chi connectivity index (χ3v) is 2.42. The SMILES string of the molecule is COC(=O)N1CCC(C)(C(=O)O)C1. The summed E-state index contributed by atoms with van der Waals surface area (Å²) in [5.41, 5.74) is -0.811. The van der Waals surface area contributed by atoms with Crippen molar-refractivity contribution in [3.63, 3.8) is 0 Å². The van der Waals surface area contributed by atoms with E-state index in [1.165, 1.54) is 12.0 Å². The lowest BCUT2D eigenvalue weighted by Crippen LogP contribution is -2.34. The van der Waals surface area contributed by atoms with Crippen molar-refractivity contribution in [1.29, 1.82) is 0 Å². The highest BCUT2D eigenvalue weighted by atomic mass is 16.5. The van der Waals surface area contributed by atoms with E-state index in [1.807, 2.05) is 0 Å². The Morgan fingerprint density at radius 3 is 2.54 bits per heavy atom. The summed E-state index contributed by atoms with van der Waals surface area (Å²) >= 11 is 0. The summed E-state index contributed by atoms with van der Waals surface area (Å²) in [7, 11) is 1.29. The number of aliphatic carboxylic acids is 1. The van der Waals surface area contributed by atoms with Crippen LogP contribution < -0.4 is 0 Å². The number of hydrogen-bond acceptors (Lipinski definition) is 3. The molecule has 0 spiro atoms. The van der Waals surface area contributed by atoms with Crippen LogP contribution in [-0.2, 0) is 9.53 Å². The van der Waals surface area contributed by atoms with Gasteiger partial charge in [0.25, 0.3) is 0 Å². The Kier molecular flexibility index (Phi) is 2.45. The fourth-order valence-electron chi connectivity index (χ4n) is 1.42. The van der Waals surface area contributed by atoms with Gasteiger partial charge in [-0.2, -0.15) is 0 Å². The van der Waals surface area contributed by atoms with Gasteiger partial charge in [0.2, 0.25) is 0 Å². The summed E-state index contributed by atoms with van der Waals surface area (Å²) in [5.74, 6) is -0.862. The van der Waals surface area contributed by atoms with E-state index in [-0.39, 0.29) is 6.54 Å². The molecular weight excluding hydrogens is 174 g/mol. The van der Waals surface area contributed by atoms with Crippen molar-refractivity contribution >= 4 is 12.1 Å².